The van der Waals surface area contributed by atoms with Gasteiger partial charge in [-0.1, -0.05) is 84.9 Å². The van der Waals surface area contributed by atoms with Crippen LogP contribution in [0.25, 0.3) is 56.2 Å². The first-order valence-electron chi connectivity index (χ1n) is 15.6. The van der Waals surface area contributed by atoms with Gasteiger partial charge in [-0.15, -0.1) is 71.8 Å². The van der Waals surface area contributed by atoms with Crippen LogP contribution in [-0.4, -0.2) is 19.9 Å². The molecule has 8 aromatic rings. The molecule has 0 amide bonds. The van der Waals surface area contributed by atoms with Crippen molar-refractivity contribution in [3.63, 3.8) is 0 Å². The molecule has 0 fully saturated rings. The molecule has 4 heterocycles. The number of hydrogen-bond acceptors (Lipinski definition) is 4. The van der Waals surface area contributed by atoms with Crippen molar-refractivity contribution in [1.29, 1.82) is 0 Å². The second-order valence-corrected chi connectivity index (χ2v) is 10.6. The Morgan fingerprint density at radius 3 is 1.06 bits per heavy atom. The first kappa shape index (κ1) is 37.2. The maximum absolute atomic E-state index is 4.51. The summed E-state index contributed by atoms with van der Waals surface area (Å²) < 4.78 is 0. The van der Waals surface area contributed by atoms with Gasteiger partial charge in [-0.25, -0.2) is 0 Å². The van der Waals surface area contributed by atoms with Crippen LogP contribution in [0, 0.1) is 12.1 Å². The molecule has 4 aromatic carbocycles. The molecule has 0 aliphatic heterocycles. The normalized spacial score (nSPS) is 9.68. The number of benzene rings is 4. The van der Waals surface area contributed by atoms with Crippen molar-refractivity contribution in [3.05, 3.63) is 207 Å². The van der Waals surface area contributed by atoms with E-state index in [0.29, 0.717) is 0 Å². The molecule has 4 aromatic heterocycles. The van der Waals surface area contributed by atoms with E-state index in [9.17, 15) is 0 Å². The van der Waals surface area contributed by atoms with Crippen LogP contribution < -0.4 is 12.4 Å². The Labute approximate surface area is 313 Å². The average Bonchev–Trinajstić information content (AvgIpc) is 3.20. The Morgan fingerprint density at radius 1 is 0.320 bits per heavy atom. The van der Waals surface area contributed by atoms with E-state index < -0.39 is 0 Å². The fraction of sp³-hybridized carbons (Fsp3) is 0. The van der Waals surface area contributed by atoms with Gasteiger partial charge in [0.1, 0.15) is 0 Å². The van der Waals surface area contributed by atoms with Crippen LogP contribution in [0.5, 0.6) is 0 Å². The molecule has 0 unspecified atom stereocenters. The van der Waals surface area contributed by atoms with E-state index in [1.807, 2.05) is 146 Å². The zero-order valence-corrected chi connectivity index (χ0v) is 30.1. The van der Waals surface area contributed by atoms with Crippen molar-refractivity contribution in [2.45, 2.75) is 0 Å². The number of hydrogen-bond donors (Lipinski definition) is 0. The summed E-state index contributed by atoms with van der Waals surface area (Å²) in [5, 5.41) is 0. The van der Waals surface area contributed by atoms with Gasteiger partial charge >= 0.3 is 20.1 Å². The van der Waals surface area contributed by atoms with Crippen LogP contribution in [0.2, 0.25) is 0 Å². The van der Waals surface area contributed by atoms with Crippen LogP contribution in [0.1, 0.15) is 0 Å². The van der Waals surface area contributed by atoms with E-state index in [1.54, 1.807) is 12.4 Å². The van der Waals surface area contributed by atoms with Crippen molar-refractivity contribution < 1.29 is 32.5 Å². The van der Waals surface area contributed by atoms with Gasteiger partial charge in [0.15, 0.2) is 0 Å². The number of nitrogens with zero attached hydrogens (tertiary/aromatic N) is 4. The number of halogens is 1. The Morgan fingerprint density at radius 2 is 0.700 bits per heavy atom. The summed E-state index contributed by atoms with van der Waals surface area (Å²) in [6.45, 7) is 0. The minimum Gasteiger partial charge on any atom is -1.00 e. The van der Waals surface area contributed by atoms with Crippen LogP contribution in [-0.2, 0) is 20.1 Å². The van der Waals surface area contributed by atoms with Gasteiger partial charge in [-0.05, 0) is 70.0 Å². The third kappa shape index (κ3) is 10.7. The fourth-order valence-electron chi connectivity index (χ4n) is 4.91. The number of aromatic nitrogens is 4. The third-order valence-electron chi connectivity index (χ3n) is 7.30. The molecule has 244 valence electrons. The maximum Gasteiger partial charge on any atom is 3.00 e. The Bertz CT molecular complexity index is 1870. The van der Waals surface area contributed by atoms with E-state index >= 15 is 0 Å². The molecule has 0 spiro atoms. The molecule has 6 heteroatoms. The summed E-state index contributed by atoms with van der Waals surface area (Å²) in [6, 6.07) is 62.5. The molecule has 0 bridgehead atoms. The molecule has 0 saturated heterocycles. The Kier molecular flexibility index (Phi) is 14.9. The van der Waals surface area contributed by atoms with Crippen molar-refractivity contribution in [2.75, 3.05) is 0 Å². The molecule has 0 N–H and O–H groups in total. The van der Waals surface area contributed by atoms with Crippen LogP contribution in [0.4, 0.5) is 0 Å². The van der Waals surface area contributed by atoms with E-state index in [4.69, 9.17) is 0 Å². The first-order chi connectivity index (χ1) is 23.8. The van der Waals surface area contributed by atoms with Crippen LogP contribution in [0.3, 0.4) is 0 Å². The van der Waals surface area contributed by atoms with Crippen LogP contribution in [0.15, 0.2) is 195 Å². The summed E-state index contributed by atoms with van der Waals surface area (Å²) in [5.74, 6) is 0. The smallest absolute Gasteiger partial charge is 1.00 e. The zero-order chi connectivity index (χ0) is 32.6. The van der Waals surface area contributed by atoms with Gasteiger partial charge in [0.2, 0.25) is 0 Å². The molecule has 0 saturated carbocycles. The third-order valence-corrected chi connectivity index (χ3v) is 7.30. The van der Waals surface area contributed by atoms with Gasteiger partial charge in [0, 0.05) is 24.8 Å². The second-order valence-electron chi connectivity index (χ2n) is 10.6. The van der Waals surface area contributed by atoms with E-state index in [1.165, 1.54) is 11.1 Å². The Hall–Kier alpha value is -5.58. The molecule has 50 heavy (non-hydrogen) atoms. The van der Waals surface area contributed by atoms with E-state index in [0.717, 1.165) is 45.0 Å². The maximum atomic E-state index is 4.51. The van der Waals surface area contributed by atoms with Gasteiger partial charge in [-0.3, -0.25) is 9.97 Å². The topological polar surface area (TPSA) is 51.6 Å². The van der Waals surface area contributed by atoms with E-state index in [2.05, 4.69) is 68.5 Å². The molecular formula is C44H32ClIrN4. The van der Waals surface area contributed by atoms with Gasteiger partial charge < -0.3 is 22.4 Å². The molecule has 0 aliphatic carbocycles. The molecular weight excluding hydrogens is 812 g/mol. The average molecular weight is 844 g/mol. The minimum absolute atomic E-state index is 0. The number of pyridine rings is 4. The summed E-state index contributed by atoms with van der Waals surface area (Å²) >= 11 is 0. The van der Waals surface area contributed by atoms with Gasteiger partial charge in [0.05, 0.1) is 11.4 Å². The van der Waals surface area contributed by atoms with Crippen molar-refractivity contribution in [3.8, 4) is 56.2 Å². The summed E-state index contributed by atoms with van der Waals surface area (Å²) in [5.41, 5.74) is 10.4. The molecule has 0 aliphatic rings. The monoisotopic (exact) mass is 844 g/mol. The predicted molar refractivity (Wildman–Crippen MR) is 195 cm³/mol. The quantitative estimate of drug-likeness (QED) is 0.168. The summed E-state index contributed by atoms with van der Waals surface area (Å²) in [6.07, 6.45) is 7.26. The van der Waals surface area contributed by atoms with Crippen molar-refractivity contribution in [1.82, 2.24) is 19.9 Å². The molecule has 0 atom stereocenters. The molecule has 8 rings (SSSR count). The minimum atomic E-state index is 0. The summed E-state index contributed by atoms with van der Waals surface area (Å²) in [7, 11) is 0. The van der Waals surface area contributed by atoms with Crippen molar-refractivity contribution >= 4 is 0 Å². The Balaban J connectivity index is 0.000000183. The summed E-state index contributed by atoms with van der Waals surface area (Å²) in [4.78, 5) is 17.5. The largest absolute Gasteiger partial charge is 3.00 e. The van der Waals surface area contributed by atoms with Gasteiger partial charge in [-0.2, -0.15) is 0 Å². The predicted octanol–water partition coefficient (Wildman–Crippen LogP) is 7.58. The second kappa shape index (κ2) is 20.1. The standard InChI is InChI=1S/C22H16N2.2C11H8N.ClH.Ir/c1-3-7-17(8-4-1)19-11-13-23-21(15-19)22-16-20(12-14-24-22)18-9-5-2-6-10-18;2*1-2-6-10(7-3-1)11-8-4-5-9-12-11;;/h1-16H;2*1-6,8-9H;1H;/q;2*-1;;+3/p-1. The molecule has 4 nitrogen and oxygen atoms in total. The van der Waals surface area contributed by atoms with Crippen LogP contribution >= 0.6 is 0 Å². The van der Waals surface area contributed by atoms with Gasteiger partial charge in [0.25, 0.3) is 0 Å². The first-order valence-corrected chi connectivity index (χ1v) is 15.6. The fourth-order valence-corrected chi connectivity index (χ4v) is 4.91. The van der Waals surface area contributed by atoms with Crippen molar-refractivity contribution in [2.24, 2.45) is 0 Å². The zero-order valence-electron chi connectivity index (χ0n) is 27.0. The number of rotatable bonds is 5. The SMILES string of the molecule is [Cl-].[Ir+3].[c-]1ccccc1-c1ccccn1.[c-]1ccccc1-c1ccccn1.c1ccc(-c2ccnc(-c3cc(-c4ccccc4)ccn3)c2)cc1. The van der Waals surface area contributed by atoms with E-state index in [-0.39, 0.29) is 32.5 Å². The molecule has 0 radical (unpaired) electrons.